The van der Waals surface area contributed by atoms with Crippen LogP contribution in [0.25, 0.3) is 0 Å². The van der Waals surface area contributed by atoms with Gasteiger partial charge in [0, 0.05) is 12.4 Å². The quantitative estimate of drug-likeness (QED) is 0.669. The van der Waals surface area contributed by atoms with Gasteiger partial charge in [-0.1, -0.05) is 0 Å². The Kier molecular flexibility index (Phi) is 3.41. The van der Waals surface area contributed by atoms with Gasteiger partial charge in [0.1, 0.15) is 0 Å². The van der Waals surface area contributed by atoms with Gasteiger partial charge < -0.3 is 10.6 Å². The van der Waals surface area contributed by atoms with Crippen molar-refractivity contribution in [3.05, 3.63) is 59.2 Å². The zero-order valence-corrected chi connectivity index (χ0v) is 9.73. The van der Waals surface area contributed by atoms with Crippen LogP contribution in [-0.2, 0) is 0 Å². The average molecular weight is 294 g/mol. The van der Waals surface area contributed by atoms with Gasteiger partial charge in [0.05, 0.1) is 22.5 Å². The predicted molar refractivity (Wildman–Crippen MR) is 59.9 cm³/mol. The molecule has 0 fully saturated rings. The molecule has 2 N–H and O–H groups in total. The molecule has 0 aliphatic carbocycles. The molecular weight excluding hydrogens is 286 g/mol. The SMILES string of the molecule is FC(F)(F)C1=CNC(=C2C=CC(C(F)(F)F)=CN2)C=C1. The molecule has 0 unspecified atom stereocenters. The summed E-state index contributed by atoms with van der Waals surface area (Å²) in [6, 6.07) is 0. The molecule has 0 aromatic heterocycles. The van der Waals surface area contributed by atoms with E-state index >= 15 is 0 Å². The molecular formula is C12H8F6N2. The fourth-order valence-corrected chi connectivity index (χ4v) is 1.54. The summed E-state index contributed by atoms with van der Waals surface area (Å²) in [7, 11) is 0. The normalized spacial score (nSPS) is 22.9. The molecule has 0 aromatic carbocycles. The van der Waals surface area contributed by atoms with E-state index in [4.69, 9.17) is 0 Å². The third-order valence-electron chi connectivity index (χ3n) is 2.57. The fraction of sp³-hybridized carbons (Fsp3) is 0.167. The minimum Gasteiger partial charge on any atom is -0.359 e. The molecule has 0 spiro atoms. The predicted octanol–water partition coefficient (Wildman–Crippen LogP) is 3.41. The molecule has 2 aliphatic rings. The molecule has 2 rings (SSSR count). The van der Waals surface area contributed by atoms with Gasteiger partial charge in [-0.15, -0.1) is 0 Å². The summed E-state index contributed by atoms with van der Waals surface area (Å²) in [5.41, 5.74) is -1.25. The Hall–Kier alpha value is -2.12. The molecule has 108 valence electrons. The van der Waals surface area contributed by atoms with Crippen LogP contribution in [0, 0.1) is 0 Å². The molecule has 0 bridgehead atoms. The Labute approximate surface area is 109 Å². The highest BCUT2D eigenvalue weighted by molar-refractivity contribution is 5.45. The molecule has 2 heterocycles. The maximum absolute atomic E-state index is 12.4. The molecule has 2 aliphatic heterocycles. The van der Waals surface area contributed by atoms with Gasteiger partial charge in [-0.2, -0.15) is 26.3 Å². The van der Waals surface area contributed by atoms with Crippen LogP contribution in [0.15, 0.2) is 59.2 Å². The number of nitrogens with one attached hydrogen (secondary N) is 2. The third-order valence-corrected chi connectivity index (χ3v) is 2.57. The van der Waals surface area contributed by atoms with Gasteiger partial charge >= 0.3 is 12.4 Å². The minimum atomic E-state index is -4.47. The Morgan fingerprint density at radius 2 is 0.950 bits per heavy atom. The summed E-state index contributed by atoms with van der Waals surface area (Å²) in [5, 5.41) is 4.77. The van der Waals surface area contributed by atoms with Crippen molar-refractivity contribution in [1.82, 2.24) is 10.6 Å². The average Bonchev–Trinajstić information content (AvgIpc) is 2.37. The van der Waals surface area contributed by atoms with Gasteiger partial charge in [-0.25, -0.2) is 0 Å². The topological polar surface area (TPSA) is 24.1 Å². The molecule has 0 saturated heterocycles. The van der Waals surface area contributed by atoms with Gasteiger partial charge in [0.25, 0.3) is 0 Å². The van der Waals surface area contributed by atoms with Crippen LogP contribution in [0.5, 0.6) is 0 Å². The lowest BCUT2D eigenvalue weighted by Crippen LogP contribution is -2.23. The van der Waals surface area contributed by atoms with Crippen LogP contribution in [0.1, 0.15) is 0 Å². The summed E-state index contributed by atoms with van der Waals surface area (Å²) >= 11 is 0. The van der Waals surface area contributed by atoms with Crippen LogP contribution in [0.4, 0.5) is 26.3 Å². The van der Waals surface area contributed by atoms with Crippen LogP contribution in [-0.4, -0.2) is 12.4 Å². The van der Waals surface area contributed by atoms with Crippen LogP contribution in [0.3, 0.4) is 0 Å². The fourth-order valence-electron chi connectivity index (χ4n) is 1.54. The lowest BCUT2D eigenvalue weighted by molar-refractivity contribution is -0.0896. The molecule has 0 aromatic rings. The largest absolute Gasteiger partial charge is 0.417 e. The zero-order chi connectivity index (χ0) is 15.0. The second-order valence-electron chi connectivity index (χ2n) is 3.98. The lowest BCUT2D eigenvalue weighted by atomic mass is 10.1. The summed E-state index contributed by atoms with van der Waals surface area (Å²) in [6.07, 6.45) is -3.47. The monoisotopic (exact) mass is 294 g/mol. The Morgan fingerprint density at radius 1 is 0.600 bits per heavy atom. The Balaban J connectivity index is 2.14. The smallest absolute Gasteiger partial charge is 0.359 e. The Morgan fingerprint density at radius 3 is 1.15 bits per heavy atom. The van der Waals surface area contributed by atoms with E-state index in [1.807, 2.05) is 0 Å². The van der Waals surface area contributed by atoms with E-state index < -0.39 is 23.5 Å². The maximum atomic E-state index is 12.4. The van der Waals surface area contributed by atoms with E-state index in [0.717, 1.165) is 36.7 Å². The van der Waals surface area contributed by atoms with Crippen LogP contribution >= 0.6 is 0 Å². The lowest BCUT2D eigenvalue weighted by Gasteiger charge is -2.19. The number of alkyl halides is 6. The minimum absolute atomic E-state index is 0.242. The molecule has 0 saturated carbocycles. The second kappa shape index (κ2) is 4.77. The first-order chi connectivity index (χ1) is 9.18. The van der Waals surface area contributed by atoms with E-state index in [1.54, 1.807) is 0 Å². The number of dihydropyridines is 2. The molecule has 2 nitrogen and oxygen atoms in total. The van der Waals surface area contributed by atoms with Crippen molar-refractivity contribution in [3.8, 4) is 0 Å². The van der Waals surface area contributed by atoms with Crippen molar-refractivity contribution in [3.63, 3.8) is 0 Å². The summed E-state index contributed by atoms with van der Waals surface area (Å²) < 4.78 is 74.1. The van der Waals surface area contributed by atoms with Crippen molar-refractivity contribution in [2.75, 3.05) is 0 Å². The van der Waals surface area contributed by atoms with Crippen LogP contribution in [0.2, 0.25) is 0 Å². The summed E-state index contributed by atoms with van der Waals surface area (Å²) in [5.74, 6) is 0. The van der Waals surface area contributed by atoms with Gasteiger partial charge in [0.15, 0.2) is 0 Å². The van der Waals surface area contributed by atoms with Crippen LogP contribution < -0.4 is 10.6 Å². The van der Waals surface area contributed by atoms with Crippen molar-refractivity contribution in [2.24, 2.45) is 0 Å². The standard InChI is InChI=1S/C12H8F6N2/c13-11(14,15)7-1-3-9(19-5-7)10-4-2-8(6-20-10)12(16,17)18/h1-6,19-20H. The molecule has 8 heteroatoms. The van der Waals surface area contributed by atoms with Crippen molar-refractivity contribution in [1.29, 1.82) is 0 Å². The highest BCUT2D eigenvalue weighted by atomic mass is 19.4. The highest BCUT2D eigenvalue weighted by Crippen LogP contribution is 2.30. The number of rotatable bonds is 0. The summed E-state index contributed by atoms with van der Waals surface area (Å²) in [4.78, 5) is 0. The number of hydrogen-bond donors (Lipinski definition) is 2. The number of hydrogen-bond acceptors (Lipinski definition) is 2. The van der Waals surface area contributed by atoms with Crippen molar-refractivity contribution in [2.45, 2.75) is 12.4 Å². The molecule has 20 heavy (non-hydrogen) atoms. The molecule has 0 atom stereocenters. The third kappa shape index (κ3) is 3.06. The van der Waals surface area contributed by atoms with E-state index in [1.165, 1.54) is 0 Å². The van der Waals surface area contributed by atoms with Gasteiger partial charge in [-0.05, 0) is 24.3 Å². The Bertz CT molecular complexity index is 507. The second-order valence-corrected chi connectivity index (χ2v) is 3.98. The van der Waals surface area contributed by atoms with E-state index in [-0.39, 0.29) is 11.4 Å². The summed E-state index contributed by atoms with van der Waals surface area (Å²) in [6.45, 7) is 0. The zero-order valence-electron chi connectivity index (χ0n) is 9.73. The van der Waals surface area contributed by atoms with E-state index in [9.17, 15) is 26.3 Å². The van der Waals surface area contributed by atoms with Crippen molar-refractivity contribution < 1.29 is 26.3 Å². The number of halogens is 6. The first-order valence-electron chi connectivity index (χ1n) is 5.36. The van der Waals surface area contributed by atoms with Gasteiger partial charge in [-0.3, -0.25) is 0 Å². The van der Waals surface area contributed by atoms with Crippen molar-refractivity contribution >= 4 is 0 Å². The highest BCUT2D eigenvalue weighted by Gasteiger charge is 2.34. The van der Waals surface area contributed by atoms with E-state index in [2.05, 4.69) is 10.6 Å². The molecule has 0 amide bonds. The first-order valence-corrected chi connectivity index (χ1v) is 5.36. The van der Waals surface area contributed by atoms with E-state index in [0.29, 0.717) is 0 Å². The maximum Gasteiger partial charge on any atom is 0.417 e. The molecule has 0 radical (unpaired) electrons. The number of allylic oxidation sites excluding steroid dienone is 6. The van der Waals surface area contributed by atoms with Gasteiger partial charge in [0.2, 0.25) is 0 Å². The first kappa shape index (κ1) is 14.3.